The first-order chi connectivity index (χ1) is 16.1. The molecule has 1 aromatic carbocycles. The minimum absolute atomic E-state index is 0.0586. The molecule has 1 aliphatic heterocycles. The van der Waals surface area contributed by atoms with Gasteiger partial charge in [-0.15, -0.1) is 11.3 Å². The first kappa shape index (κ1) is 23.9. The molecule has 1 aliphatic carbocycles. The van der Waals surface area contributed by atoms with Gasteiger partial charge in [0.2, 0.25) is 15.9 Å². The predicted molar refractivity (Wildman–Crippen MR) is 127 cm³/mol. The number of fused-ring (bicyclic) bond motifs is 1. The van der Waals surface area contributed by atoms with E-state index in [9.17, 15) is 22.9 Å². The molecule has 2 heterocycles. The predicted octanol–water partition coefficient (Wildman–Crippen LogP) is 3.46. The lowest BCUT2D eigenvalue weighted by atomic mass is 9.97. The second-order valence-electron chi connectivity index (χ2n) is 8.15. The number of primary sulfonamides is 1. The van der Waals surface area contributed by atoms with Gasteiger partial charge in [0.25, 0.3) is 0 Å². The average molecular weight is 497 g/mol. The Morgan fingerprint density at radius 3 is 2.82 bits per heavy atom. The molecule has 1 amide bonds. The molecule has 2 aromatic rings. The van der Waals surface area contributed by atoms with E-state index in [1.54, 1.807) is 6.07 Å². The summed E-state index contributed by atoms with van der Waals surface area (Å²) in [6.07, 6.45) is 3.31. The van der Waals surface area contributed by atoms with Gasteiger partial charge in [-0.2, -0.15) is 5.26 Å². The molecular formula is C24H21FN4O3S2. The molecule has 34 heavy (non-hydrogen) atoms. The van der Waals surface area contributed by atoms with E-state index < -0.39 is 10.0 Å². The lowest BCUT2D eigenvalue weighted by Crippen LogP contribution is -2.37. The minimum Gasteiger partial charge on any atom is -0.316 e. The zero-order chi connectivity index (χ0) is 24.5. The number of nitrogens with zero attached hydrogens (tertiary/aromatic N) is 2. The average Bonchev–Trinajstić information content (AvgIpc) is 3.09. The molecule has 0 radical (unpaired) electrons. The number of nitrogens with one attached hydrogen (secondary N) is 1. The van der Waals surface area contributed by atoms with E-state index in [-0.39, 0.29) is 29.1 Å². The van der Waals surface area contributed by atoms with Crippen molar-refractivity contribution in [2.75, 3.05) is 5.32 Å². The Kier molecular flexibility index (Phi) is 6.69. The van der Waals surface area contributed by atoms with Gasteiger partial charge in [0.15, 0.2) is 0 Å². The normalized spacial score (nSPS) is 17.5. The molecule has 7 nitrogen and oxygen atoms in total. The number of carbonyl (C=O) groups is 1. The molecule has 0 fully saturated rings. The number of carbonyl (C=O) groups excluding carboxylic acids is 1. The van der Waals surface area contributed by atoms with E-state index in [4.69, 9.17) is 5.14 Å². The molecule has 0 spiro atoms. The number of sulfonamides is 1. The first-order valence-corrected chi connectivity index (χ1v) is 12.8. The van der Waals surface area contributed by atoms with Gasteiger partial charge in [-0.25, -0.2) is 17.9 Å². The van der Waals surface area contributed by atoms with Crippen molar-refractivity contribution >= 4 is 32.3 Å². The summed E-state index contributed by atoms with van der Waals surface area (Å²) in [4.78, 5) is 15.6. The molecule has 1 aromatic heterocycles. The number of benzene rings is 1. The van der Waals surface area contributed by atoms with E-state index in [1.807, 2.05) is 6.07 Å². The van der Waals surface area contributed by atoms with Crippen molar-refractivity contribution < 1.29 is 17.6 Å². The largest absolute Gasteiger partial charge is 0.316 e. The maximum absolute atomic E-state index is 13.6. The van der Waals surface area contributed by atoms with Crippen LogP contribution in [0.1, 0.15) is 34.9 Å². The quantitative estimate of drug-likeness (QED) is 0.594. The molecule has 1 atom stereocenters. The highest BCUT2D eigenvalue weighted by atomic mass is 32.2. The summed E-state index contributed by atoms with van der Waals surface area (Å²) in [5.41, 5.74) is 7.80. The Hall–Kier alpha value is -3.28. The van der Waals surface area contributed by atoms with Crippen molar-refractivity contribution in [2.24, 2.45) is 5.14 Å². The summed E-state index contributed by atoms with van der Waals surface area (Å²) in [6, 6.07) is 8.88. The third-order valence-corrected chi connectivity index (χ3v) is 7.62. The van der Waals surface area contributed by atoms with E-state index in [0.717, 1.165) is 16.0 Å². The van der Waals surface area contributed by atoms with Gasteiger partial charge in [0.05, 0.1) is 12.0 Å². The molecular weight excluding hydrogens is 475 g/mol. The lowest BCUT2D eigenvalue weighted by molar-refractivity contribution is -0.115. The number of thiophene rings is 1. The van der Waals surface area contributed by atoms with Crippen LogP contribution in [0.4, 0.5) is 9.39 Å². The van der Waals surface area contributed by atoms with Crippen molar-refractivity contribution in [3.05, 3.63) is 85.7 Å². The lowest BCUT2D eigenvalue weighted by Gasteiger charge is -2.33. The summed E-state index contributed by atoms with van der Waals surface area (Å²) < 4.78 is 36.3. The smallest absolute Gasteiger partial charge is 0.246 e. The topological polar surface area (TPSA) is 116 Å². The van der Waals surface area contributed by atoms with E-state index in [1.165, 1.54) is 35.6 Å². The summed E-state index contributed by atoms with van der Waals surface area (Å²) >= 11 is 1.37. The number of hydrogen-bond acceptors (Lipinski definition) is 6. The van der Waals surface area contributed by atoms with Gasteiger partial charge < -0.3 is 5.32 Å². The van der Waals surface area contributed by atoms with Crippen molar-refractivity contribution in [2.45, 2.75) is 38.9 Å². The molecule has 10 heteroatoms. The van der Waals surface area contributed by atoms with Crippen LogP contribution in [0.3, 0.4) is 0 Å². The second kappa shape index (κ2) is 9.53. The standard InChI is InChI=1S/C24H21FN4O3S2/c1-15-9-20-21(12-26)24(28-23(30)11-16-5-7-19(8-6-16)34(27,31)32)33-22(20)14-29(15)13-17-3-2-4-18(25)10-17/h2-5,7,10,15H,9,11,13-14H2,1H3,(H,28,30)(H2,27,31,32). The zero-order valence-corrected chi connectivity index (χ0v) is 19.9. The number of nitrogens with two attached hydrogens (primary N) is 1. The van der Waals surface area contributed by atoms with Gasteiger partial charge >= 0.3 is 0 Å². The highest BCUT2D eigenvalue weighted by Gasteiger charge is 2.29. The third kappa shape index (κ3) is 5.27. The van der Waals surface area contributed by atoms with Crippen LogP contribution in [0.15, 0.2) is 58.4 Å². The van der Waals surface area contributed by atoms with E-state index in [2.05, 4.69) is 34.7 Å². The summed E-state index contributed by atoms with van der Waals surface area (Å²) in [6.45, 7) is 3.25. The molecule has 2 aliphatic rings. The molecule has 174 valence electrons. The summed E-state index contributed by atoms with van der Waals surface area (Å²) in [5, 5.41) is 18.1. The molecule has 3 N–H and O–H groups in total. The van der Waals surface area contributed by atoms with Gasteiger partial charge in [-0.05, 0) is 54.5 Å². The fraction of sp³-hybridized carbons (Fsp3) is 0.250. The van der Waals surface area contributed by atoms with Crippen LogP contribution in [-0.2, 0) is 34.3 Å². The number of nitriles is 1. The van der Waals surface area contributed by atoms with Crippen LogP contribution in [0.25, 0.3) is 0 Å². The maximum atomic E-state index is 13.6. The molecule has 0 saturated carbocycles. The number of hydrogen-bond donors (Lipinski definition) is 2. The number of rotatable bonds is 6. The van der Waals surface area contributed by atoms with Crippen LogP contribution in [0.2, 0.25) is 0 Å². The van der Waals surface area contributed by atoms with Gasteiger partial charge in [-0.3, -0.25) is 9.69 Å². The monoisotopic (exact) mass is 496 g/mol. The highest BCUT2D eigenvalue weighted by molar-refractivity contribution is 7.93. The molecule has 0 bridgehead atoms. The van der Waals surface area contributed by atoms with E-state index in [0.29, 0.717) is 35.6 Å². The first-order valence-electron chi connectivity index (χ1n) is 10.4. The number of anilines is 1. The number of halogens is 1. The maximum Gasteiger partial charge on any atom is 0.246 e. The molecule has 1 unspecified atom stereocenters. The van der Waals surface area contributed by atoms with Crippen molar-refractivity contribution in [3.63, 3.8) is 0 Å². The van der Waals surface area contributed by atoms with Crippen LogP contribution in [0, 0.1) is 17.1 Å². The Bertz CT molecular complexity index is 1450. The molecule has 4 rings (SSSR count). The Labute approximate surface area is 201 Å². The Morgan fingerprint density at radius 1 is 1.38 bits per heavy atom. The summed E-state index contributed by atoms with van der Waals surface area (Å²) in [7, 11) is -3.88. The van der Waals surface area contributed by atoms with Crippen LogP contribution >= 0.6 is 11.3 Å². The highest BCUT2D eigenvalue weighted by Crippen LogP contribution is 2.38. The minimum atomic E-state index is -3.88. The van der Waals surface area contributed by atoms with Gasteiger partial charge in [0, 0.05) is 29.6 Å². The van der Waals surface area contributed by atoms with Crippen LogP contribution < -0.4 is 10.5 Å². The van der Waals surface area contributed by atoms with Crippen LogP contribution in [-0.4, -0.2) is 25.3 Å². The number of amides is 1. The fourth-order valence-electron chi connectivity index (χ4n) is 3.92. The Morgan fingerprint density at radius 2 is 2.18 bits per heavy atom. The second-order valence-corrected chi connectivity index (χ2v) is 10.8. The van der Waals surface area contributed by atoms with Crippen LogP contribution in [0.5, 0.6) is 0 Å². The zero-order valence-electron chi connectivity index (χ0n) is 18.3. The summed E-state index contributed by atoms with van der Waals surface area (Å²) in [5.74, 6) is -0.627. The third-order valence-electron chi connectivity index (χ3n) is 5.64. The van der Waals surface area contributed by atoms with Crippen molar-refractivity contribution in [1.82, 2.24) is 4.90 Å². The Balaban J connectivity index is 1.51. The molecule has 0 saturated heterocycles. The fourth-order valence-corrected chi connectivity index (χ4v) is 5.60. The van der Waals surface area contributed by atoms with Crippen molar-refractivity contribution in [3.8, 4) is 6.07 Å². The number of allylic oxidation sites excluding steroid dienone is 2. The van der Waals surface area contributed by atoms with Gasteiger partial charge in [0.1, 0.15) is 21.8 Å². The van der Waals surface area contributed by atoms with Crippen molar-refractivity contribution in [1.29, 1.82) is 5.26 Å². The SMILES string of the molecule is CC1Cc2c(sc(NC(=O)CC3=C=C=C(S(N)(=O)=O)C=C3)c2C#N)CN1Cc1cccc(F)c1. The van der Waals surface area contributed by atoms with Gasteiger partial charge in [-0.1, -0.05) is 17.9 Å². The van der Waals surface area contributed by atoms with E-state index >= 15 is 0 Å².